The number of thiazole rings is 1. The van der Waals surface area contributed by atoms with E-state index in [1.54, 1.807) is 23.1 Å². The smallest absolute Gasteiger partial charge is 0.319 e. The number of fused-ring (bicyclic) bond motifs is 1. The largest absolute Gasteiger partial charge is 0.457 e. The third kappa shape index (κ3) is 9.43. The standard InChI is InChI=1S/C45H39N3O5S2/c49-28-30-13-15-33(16-14-30)41-26-39(29-54-45-48-40-11-4-5-12-42(40)55-45)52-43(53-41)34-19-17-32(18-20-34)35-8-6-7-31(25-35)27-46-44(50)47-36-21-23-38(24-22-36)51-37-9-2-1-3-10-37/h1-25,39,41,43,49H,26-29H2,(H2,46,47,50)/t39-,41+,43+/m1/s1. The molecule has 7 aromatic rings. The highest BCUT2D eigenvalue weighted by Crippen LogP contribution is 2.40. The summed E-state index contributed by atoms with van der Waals surface area (Å²) in [4.78, 5) is 17.5. The Hall–Kier alpha value is -5.49. The first kappa shape index (κ1) is 36.5. The quantitative estimate of drug-likeness (QED) is 0.106. The number of aliphatic hydroxyl groups is 1. The molecule has 3 N–H and O–H groups in total. The Bertz CT molecular complexity index is 2300. The molecule has 0 unspecified atom stereocenters. The molecule has 0 bridgehead atoms. The summed E-state index contributed by atoms with van der Waals surface area (Å²) >= 11 is 3.42. The van der Waals surface area contributed by atoms with Gasteiger partial charge in [0.2, 0.25) is 0 Å². The maximum atomic E-state index is 12.7. The molecular formula is C45H39N3O5S2. The van der Waals surface area contributed by atoms with Crippen LogP contribution < -0.4 is 15.4 Å². The van der Waals surface area contributed by atoms with E-state index >= 15 is 0 Å². The molecule has 6 aromatic carbocycles. The number of aliphatic hydroxyl groups excluding tert-OH is 1. The van der Waals surface area contributed by atoms with E-state index in [0.29, 0.717) is 24.4 Å². The van der Waals surface area contributed by atoms with Gasteiger partial charge in [-0.25, -0.2) is 9.78 Å². The highest BCUT2D eigenvalue weighted by atomic mass is 32.2. The Labute approximate surface area is 328 Å². The summed E-state index contributed by atoms with van der Waals surface area (Å²) < 4.78 is 21.2. The van der Waals surface area contributed by atoms with Crippen molar-refractivity contribution in [2.75, 3.05) is 11.1 Å². The summed E-state index contributed by atoms with van der Waals surface area (Å²) in [5.41, 5.74) is 7.61. The number of carbonyl (C=O) groups is 1. The molecule has 276 valence electrons. The number of hydrogen-bond donors (Lipinski definition) is 3. The van der Waals surface area contributed by atoms with Gasteiger partial charge < -0.3 is 30.0 Å². The number of nitrogens with one attached hydrogen (secondary N) is 2. The lowest BCUT2D eigenvalue weighted by Gasteiger charge is -2.36. The fourth-order valence-electron chi connectivity index (χ4n) is 6.38. The van der Waals surface area contributed by atoms with Crippen molar-refractivity contribution < 1.29 is 24.1 Å². The van der Waals surface area contributed by atoms with Gasteiger partial charge in [-0.15, -0.1) is 11.3 Å². The summed E-state index contributed by atoms with van der Waals surface area (Å²) in [5, 5.41) is 15.4. The summed E-state index contributed by atoms with van der Waals surface area (Å²) in [6, 6.07) is 49.1. The molecule has 55 heavy (non-hydrogen) atoms. The van der Waals surface area contributed by atoms with Gasteiger partial charge in [0.1, 0.15) is 11.5 Å². The van der Waals surface area contributed by atoms with Gasteiger partial charge in [0.25, 0.3) is 0 Å². The van der Waals surface area contributed by atoms with Gasteiger partial charge in [-0.3, -0.25) is 0 Å². The van der Waals surface area contributed by atoms with Crippen LogP contribution in [0.2, 0.25) is 0 Å². The van der Waals surface area contributed by atoms with Crippen molar-refractivity contribution in [1.29, 1.82) is 0 Å². The number of urea groups is 1. The monoisotopic (exact) mass is 765 g/mol. The van der Waals surface area contributed by atoms with Gasteiger partial charge in [0.05, 0.1) is 29.0 Å². The molecule has 0 aliphatic carbocycles. The Balaban J connectivity index is 0.898. The van der Waals surface area contributed by atoms with E-state index in [1.165, 1.54) is 4.70 Å². The van der Waals surface area contributed by atoms with Crippen LogP contribution in [-0.2, 0) is 22.6 Å². The van der Waals surface area contributed by atoms with E-state index in [2.05, 4.69) is 53.1 Å². The molecule has 8 nitrogen and oxygen atoms in total. The van der Waals surface area contributed by atoms with Gasteiger partial charge >= 0.3 is 6.03 Å². The topological polar surface area (TPSA) is 102 Å². The number of thioether (sulfide) groups is 1. The normalized spacial score (nSPS) is 16.8. The van der Waals surface area contributed by atoms with Crippen molar-refractivity contribution in [3.8, 4) is 22.6 Å². The molecule has 1 aliphatic rings. The summed E-state index contributed by atoms with van der Waals surface area (Å²) in [6.07, 6.45) is -0.0680. The molecule has 0 radical (unpaired) electrons. The van der Waals surface area contributed by atoms with E-state index in [4.69, 9.17) is 19.2 Å². The van der Waals surface area contributed by atoms with Gasteiger partial charge in [-0.2, -0.15) is 0 Å². The lowest BCUT2D eigenvalue weighted by molar-refractivity contribution is -0.245. The second kappa shape index (κ2) is 17.3. The fraction of sp³-hybridized carbons (Fsp3) is 0.156. The maximum Gasteiger partial charge on any atom is 0.319 e. The molecular weight excluding hydrogens is 727 g/mol. The summed E-state index contributed by atoms with van der Waals surface area (Å²) in [5.74, 6) is 2.19. The highest BCUT2D eigenvalue weighted by molar-refractivity contribution is 8.01. The number of benzene rings is 6. The van der Waals surface area contributed by atoms with Crippen LogP contribution in [0.1, 0.15) is 41.1 Å². The van der Waals surface area contributed by atoms with Crippen LogP contribution in [0.5, 0.6) is 11.5 Å². The fourth-order valence-corrected chi connectivity index (χ4v) is 8.49. The Morgan fingerprint density at radius 3 is 2.29 bits per heavy atom. The van der Waals surface area contributed by atoms with Crippen LogP contribution in [0.25, 0.3) is 21.3 Å². The number of anilines is 1. The third-order valence-corrected chi connectivity index (χ3v) is 11.6. The van der Waals surface area contributed by atoms with Gasteiger partial charge in [-0.05, 0) is 82.4 Å². The van der Waals surface area contributed by atoms with E-state index < -0.39 is 6.29 Å². The molecule has 10 heteroatoms. The molecule has 2 heterocycles. The Morgan fingerprint density at radius 1 is 0.764 bits per heavy atom. The second-order valence-electron chi connectivity index (χ2n) is 13.2. The molecule has 1 aromatic heterocycles. The second-order valence-corrected chi connectivity index (χ2v) is 15.5. The number of aromatic nitrogens is 1. The third-order valence-electron chi connectivity index (χ3n) is 9.27. The van der Waals surface area contributed by atoms with Gasteiger partial charge in [0, 0.05) is 30.0 Å². The average molecular weight is 766 g/mol. The first-order chi connectivity index (χ1) is 27.0. The molecule has 0 spiro atoms. The Morgan fingerprint density at radius 2 is 1.51 bits per heavy atom. The molecule has 1 fully saturated rings. The molecule has 1 aliphatic heterocycles. The van der Waals surface area contributed by atoms with Crippen LogP contribution in [0, 0.1) is 0 Å². The minimum Gasteiger partial charge on any atom is -0.457 e. The highest BCUT2D eigenvalue weighted by Gasteiger charge is 2.32. The zero-order valence-electron chi connectivity index (χ0n) is 29.8. The lowest BCUT2D eigenvalue weighted by Crippen LogP contribution is -2.31. The number of hydrogen-bond acceptors (Lipinski definition) is 8. The van der Waals surface area contributed by atoms with Crippen molar-refractivity contribution >= 4 is 45.0 Å². The van der Waals surface area contributed by atoms with Crippen LogP contribution in [0.15, 0.2) is 156 Å². The van der Waals surface area contributed by atoms with Crippen LogP contribution >= 0.6 is 23.1 Å². The van der Waals surface area contributed by atoms with Crippen molar-refractivity contribution in [2.45, 2.75) is 42.4 Å². The molecule has 2 amide bonds. The zero-order chi connectivity index (χ0) is 37.4. The number of nitrogens with zero attached hydrogens (tertiary/aromatic N) is 1. The van der Waals surface area contributed by atoms with Crippen LogP contribution in [0.3, 0.4) is 0 Å². The van der Waals surface area contributed by atoms with Crippen molar-refractivity contribution in [1.82, 2.24) is 10.3 Å². The van der Waals surface area contributed by atoms with Crippen LogP contribution in [-0.4, -0.2) is 28.0 Å². The molecule has 8 rings (SSSR count). The maximum absolute atomic E-state index is 12.7. The van der Waals surface area contributed by atoms with Crippen molar-refractivity contribution in [3.05, 3.63) is 174 Å². The zero-order valence-corrected chi connectivity index (χ0v) is 31.5. The van der Waals surface area contributed by atoms with Crippen molar-refractivity contribution in [2.24, 2.45) is 0 Å². The average Bonchev–Trinajstić information content (AvgIpc) is 3.67. The van der Waals surface area contributed by atoms with E-state index in [0.717, 1.165) is 54.7 Å². The number of para-hydroxylation sites is 2. The molecule has 1 saturated heterocycles. The van der Waals surface area contributed by atoms with E-state index in [1.807, 2.05) is 109 Å². The molecule has 0 saturated carbocycles. The summed E-state index contributed by atoms with van der Waals surface area (Å²) in [7, 11) is 0. The predicted octanol–water partition coefficient (Wildman–Crippen LogP) is 10.9. The molecule has 3 atom stereocenters. The van der Waals surface area contributed by atoms with E-state index in [9.17, 15) is 9.90 Å². The number of amides is 2. The Kier molecular flexibility index (Phi) is 11.5. The van der Waals surface area contributed by atoms with E-state index in [-0.39, 0.29) is 24.8 Å². The van der Waals surface area contributed by atoms with Crippen molar-refractivity contribution in [3.63, 3.8) is 0 Å². The first-order valence-electron chi connectivity index (χ1n) is 18.1. The number of ether oxygens (including phenoxy) is 3. The lowest BCUT2D eigenvalue weighted by atomic mass is 9.99. The minimum atomic E-state index is -0.548. The van der Waals surface area contributed by atoms with Gasteiger partial charge in [0.15, 0.2) is 10.6 Å². The SMILES string of the molecule is O=C(NCc1cccc(-c2ccc([C@H]3O[C@@H](CSc4nc5ccccc5s4)C[C@@H](c4ccc(CO)cc4)O3)cc2)c1)Nc1ccc(Oc2ccccc2)cc1. The number of rotatable bonds is 12. The first-order valence-corrected chi connectivity index (χ1v) is 19.9. The minimum absolute atomic E-state index is 0.00167. The van der Waals surface area contributed by atoms with Crippen LogP contribution in [0.4, 0.5) is 10.5 Å². The van der Waals surface area contributed by atoms with Gasteiger partial charge in [-0.1, -0.05) is 109 Å². The summed E-state index contributed by atoms with van der Waals surface area (Å²) in [6.45, 7) is 0.371. The number of carbonyl (C=O) groups excluding carboxylic acids is 1. The predicted molar refractivity (Wildman–Crippen MR) is 219 cm³/mol.